The zero-order valence-corrected chi connectivity index (χ0v) is 10.6. The first-order valence-electron chi connectivity index (χ1n) is 6.39. The molecular formula is C14H17NO4. The van der Waals surface area contributed by atoms with Crippen molar-refractivity contribution in [2.45, 2.75) is 31.8 Å². The lowest BCUT2D eigenvalue weighted by atomic mass is 10.1. The number of anilines is 1. The van der Waals surface area contributed by atoms with Gasteiger partial charge in [0.2, 0.25) is 0 Å². The van der Waals surface area contributed by atoms with Crippen LogP contribution in [0.4, 0.5) is 5.69 Å². The summed E-state index contributed by atoms with van der Waals surface area (Å²) in [7, 11) is 0. The molecule has 0 radical (unpaired) electrons. The van der Waals surface area contributed by atoms with E-state index in [9.17, 15) is 9.59 Å². The van der Waals surface area contributed by atoms with Crippen LogP contribution in [0.3, 0.4) is 0 Å². The second-order valence-electron chi connectivity index (χ2n) is 4.54. The number of carbonyl (C=O) groups is 2. The zero-order chi connectivity index (χ0) is 13.7. The number of rotatable bonds is 5. The van der Waals surface area contributed by atoms with E-state index in [1.165, 1.54) is 0 Å². The van der Waals surface area contributed by atoms with Gasteiger partial charge < -0.3 is 15.2 Å². The molecule has 5 heteroatoms. The Morgan fingerprint density at radius 1 is 1.37 bits per heavy atom. The summed E-state index contributed by atoms with van der Waals surface area (Å²) < 4.78 is 5.32. The Bertz CT molecular complexity index is 466. The van der Waals surface area contributed by atoms with Crippen LogP contribution in [0.5, 0.6) is 0 Å². The van der Waals surface area contributed by atoms with E-state index in [2.05, 4.69) is 5.32 Å². The van der Waals surface area contributed by atoms with Crippen molar-refractivity contribution >= 4 is 17.6 Å². The summed E-state index contributed by atoms with van der Waals surface area (Å²) in [4.78, 5) is 22.6. The Balaban J connectivity index is 2.02. The van der Waals surface area contributed by atoms with E-state index < -0.39 is 5.97 Å². The third-order valence-electron chi connectivity index (χ3n) is 3.11. The summed E-state index contributed by atoms with van der Waals surface area (Å²) in [6.07, 6.45) is 1.71. The Labute approximate surface area is 111 Å². The first kappa shape index (κ1) is 13.5. The van der Waals surface area contributed by atoms with Crippen molar-refractivity contribution in [3.63, 3.8) is 0 Å². The van der Waals surface area contributed by atoms with E-state index in [4.69, 9.17) is 9.84 Å². The smallest absolute Gasteiger partial charge is 0.303 e. The summed E-state index contributed by atoms with van der Waals surface area (Å²) in [6.45, 7) is 0.624. The van der Waals surface area contributed by atoms with Gasteiger partial charge in [0.1, 0.15) is 6.10 Å². The number of hydrogen-bond acceptors (Lipinski definition) is 3. The van der Waals surface area contributed by atoms with E-state index in [0.29, 0.717) is 18.7 Å². The standard InChI is InChI=1S/C14H17NO4/c16-13(17)8-7-10-4-1-2-5-11(10)15-14(18)12-6-3-9-19-12/h1-2,4-5,12H,3,6-9H2,(H,15,18)(H,16,17)/t12-/m0/s1. The van der Waals surface area contributed by atoms with Gasteiger partial charge in [0.15, 0.2) is 0 Å². The molecule has 1 heterocycles. The summed E-state index contributed by atoms with van der Waals surface area (Å²) in [5, 5.41) is 11.5. The molecule has 0 unspecified atom stereocenters. The van der Waals surface area contributed by atoms with Gasteiger partial charge in [-0.2, -0.15) is 0 Å². The van der Waals surface area contributed by atoms with E-state index in [1.54, 1.807) is 6.07 Å². The van der Waals surface area contributed by atoms with E-state index in [0.717, 1.165) is 18.4 Å². The molecule has 1 aromatic carbocycles. The number of aryl methyl sites for hydroxylation is 1. The second kappa shape index (κ2) is 6.33. The van der Waals surface area contributed by atoms with Gasteiger partial charge in [0.05, 0.1) is 0 Å². The molecule has 1 atom stereocenters. The number of nitrogens with one attached hydrogen (secondary N) is 1. The zero-order valence-electron chi connectivity index (χ0n) is 10.6. The highest BCUT2D eigenvalue weighted by Crippen LogP contribution is 2.19. The number of amides is 1. The number of aliphatic carboxylic acids is 1. The molecule has 1 aliphatic heterocycles. The predicted octanol–water partition coefficient (Wildman–Crippen LogP) is 1.82. The SMILES string of the molecule is O=C(O)CCc1ccccc1NC(=O)[C@@H]1CCCO1. The van der Waals surface area contributed by atoms with Crippen LogP contribution in [-0.4, -0.2) is 29.7 Å². The average Bonchev–Trinajstić information content (AvgIpc) is 2.91. The molecular weight excluding hydrogens is 246 g/mol. The average molecular weight is 263 g/mol. The molecule has 5 nitrogen and oxygen atoms in total. The molecule has 1 aliphatic rings. The van der Waals surface area contributed by atoms with Crippen molar-refractivity contribution in [2.24, 2.45) is 0 Å². The van der Waals surface area contributed by atoms with Crippen molar-refractivity contribution in [3.05, 3.63) is 29.8 Å². The lowest BCUT2D eigenvalue weighted by Gasteiger charge is -2.13. The molecule has 2 rings (SSSR count). The highest BCUT2D eigenvalue weighted by atomic mass is 16.5. The molecule has 0 spiro atoms. The van der Waals surface area contributed by atoms with Crippen LogP contribution in [0, 0.1) is 0 Å². The summed E-state index contributed by atoms with van der Waals surface area (Å²) >= 11 is 0. The number of benzene rings is 1. The quantitative estimate of drug-likeness (QED) is 0.849. The van der Waals surface area contributed by atoms with Gasteiger partial charge in [0, 0.05) is 18.7 Å². The highest BCUT2D eigenvalue weighted by molar-refractivity contribution is 5.95. The lowest BCUT2D eigenvalue weighted by molar-refractivity contribution is -0.137. The molecule has 1 aromatic rings. The van der Waals surface area contributed by atoms with Crippen LogP contribution in [-0.2, 0) is 20.7 Å². The van der Waals surface area contributed by atoms with Gasteiger partial charge >= 0.3 is 5.97 Å². The molecule has 0 saturated carbocycles. The predicted molar refractivity (Wildman–Crippen MR) is 70.0 cm³/mol. The minimum Gasteiger partial charge on any atom is -0.481 e. The Morgan fingerprint density at radius 3 is 2.84 bits per heavy atom. The number of carboxylic acids is 1. The maximum absolute atomic E-state index is 12.0. The van der Waals surface area contributed by atoms with Gasteiger partial charge in [-0.05, 0) is 30.9 Å². The van der Waals surface area contributed by atoms with Crippen LogP contribution in [0.15, 0.2) is 24.3 Å². The molecule has 102 valence electrons. The monoisotopic (exact) mass is 263 g/mol. The summed E-state index contributed by atoms with van der Waals surface area (Å²) in [5.74, 6) is -1.000. The van der Waals surface area contributed by atoms with Gasteiger partial charge in [-0.25, -0.2) is 0 Å². The summed E-state index contributed by atoms with van der Waals surface area (Å²) in [5.41, 5.74) is 1.50. The van der Waals surface area contributed by atoms with Crippen LogP contribution in [0.25, 0.3) is 0 Å². The van der Waals surface area contributed by atoms with E-state index in [1.807, 2.05) is 18.2 Å². The van der Waals surface area contributed by atoms with Crippen molar-refractivity contribution in [3.8, 4) is 0 Å². The minimum atomic E-state index is -0.847. The minimum absolute atomic E-state index is 0.0484. The molecule has 1 fully saturated rings. The topological polar surface area (TPSA) is 75.6 Å². The Morgan fingerprint density at radius 2 is 2.16 bits per heavy atom. The third-order valence-corrected chi connectivity index (χ3v) is 3.11. The number of carboxylic acid groups (broad SMARTS) is 1. The Hall–Kier alpha value is -1.88. The molecule has 1 amide bonds. The largest absolute Gasteiger partial charge is 0.481 e. The normalized spacial score (nSPS) is 18.2. The fraction of sp³-hybridized carbons (Fsp3) is 0.429. The van der Waals surface area contributed by atoms with E-state index >= 15 is 0 Å². The van der Waals surface area contributed by atoms with Gasteiger partial charge in [-0.1, -0.05) is 18.2 Å². The summed E-state index contributed by atoms with van der Waals surface area (Å²) in [6, 6.07) is 7.26. The highest BCUT2D eigenvalue weighted by Gasteiger charge is 2.23. The Kier molecular flexibility index (Phi) is 4.52. The number of hydrogen-bond donors (Lipinski definition) is 2. The van der Waals surface area contributed by atoms with Crippen molar-refractivity contribution in [2.75, 3.05) is 11.9 Å². The molecule has 19 heavy (non-hydrogen) atoms. The number of ether oxygens (including phenoxy) is 1. The van der Waals surface area contributed by atoms with Crippen LogP contribution in [0.2, 0.25) is 0 Å². The number of carbonyl (C=O) groups excluding carboxylic acids is 1. The molecule has 1 saturated heterocycles. The fourth-order valence-electron chi connectivity index (χ4n) is 2.10. The van der Waals surface area contributed by atoms with Crippen molar-refractivity contribution < 1.29 is 19.4 Å². The molecule has 0 aromatic heterocycles. The van der Waals surface area contributed by atoms with Gasteiger partial charge in [0.25, 0.3) is 5.91 Å². The van der Waals surface area contributed by atoms with Gasteiger partial charge in [-0.3, -0.25) is 9.59 Å². The fourth-order valence-corrected chi connectivity index (χ4v) is 2.10. The molecule has 0 bridgehead atoms. The third kappa shape index (κ3) is 3.79. The molecule has 2 N–H and O–H groups in total. The van der Waals surface area contributed by atoms with Crippen molar-refractivity contribution in [1.29, 1.82) is 0 Å². The first-order valence-corrected chi connectivity index (χ1v) is 6.39. The van der Waals surface area contributed by atoms with Crippen molar-refractivity contribution in [1.82, 2.24) is 0 Å². The van der Waals surface area contributed by atoms with Gasteiger partial charge in [-0.15, -0.1) is 0 Å². The van der Waals surface area contributed by atoms with Crippen LogP contribution in [0.1, 0.15) is 24.8 Å². The lowest BCUT2D eigenvalue weighted by Crippen LogP contribution is -2.27. The van der Waals surface area contributed by atoms with Crippen LogP contribution >= 0.6 is 0 Å². The second-order valence-corrected chi connectivity index (χ2v) is 4.54. The van der Waals surface area contributed by atoms with Crippen LogP contribution < -0.4 is 5.32 Å². The molecule has 0 aliphatic carbocycles. The first-order chi connectivity index (χ1) is 9.16. The number of para-hydroxylation sites is 1. The van der Waals surface area contributed by atoms with E-state index in [-0.39, 0.29) is 18.4 Å². The maximum Gasteiger partial charge on any atom is 0.303 e. The maximum atomic E-state index is 12.0.